The van der Waals surface area contributed by atoms with E-state index < -0.39 is 0 Å². The molecule has 0 spiro atoms. The lowest BCUT2D eigenvalue weighted by molar-refractivity contribution is 0.169. The smallest absolute Gasteiger partial charge is 0.00126 e. The van der Waals surface area contributed by atoms with E-state index in [1.807, 2.05) is 0 Å². The van der Waals surface area contributed by atoms with Crippen LogP contribution in [-0.2, 0) is 6.42 Å². The van der Waals surface area contributed by atoms with Gasteiger partial charge in [-0.3, -0.25) is 0 Å². The molecule has 0 bridgehead atoms. The van der Waals surface area contributed by atoms with Crippen molar-refractivity contribution in [1.82, 2.24) is 4.90 Å². The molecule has 80 valence electrons. The molecule has 1 aliphatic carbocycles. The highest BCUT2D eigenvalue weighted by atomic mass is 15.1. The fraction of sp³-hybridized carbons (Fsp3) is 0.571. The highest BCUT2D eigenvalue weighted by Crippen LogP contribution is 2.40. The summed E-state index contributed by atoms with van der Waals surface area (Å²) in [5.74, 6) is 1.77. The number of hydrogen-bond donors (Lipinski definition) is 0. The maximum atomic E-state index is 2.50. The molecule has 3 rings (SSSR count). The van der Waals surface area contributed by atoms with Crippen molar-refractivity contribution >= 4 is 0 Å². The van der Waals surface area contributed by atoms with E-state index in [2.05, 4.69) is 36.2 Å². The summed E-state index contributed by atoms with van der Waals surface area (Å²) in [4.78, 5) is 2.50. The first-order valence-electron chi connectivity index (χ1n) is 6.11. The van der Waals surface area contributed by atoms with Gasteiger partial charge >= 0.3 is 0 Å². The molecule has 1 aromatic rings. The second-order valence-corrected chi connectivity index (χ2v) is 5.15. The lowest BCUT2D eigenvalue weighted by atomic mass is 9.72. The van der Waals surface area contributed by atoms with Crippen LogP contribution < -0.4 is 0 Å². The molecule has 15 heavy (non-hydrogen) atoms. The molecule has 1 saturated heterocycles. The fourth-order valence-corrected chi connectivity index (χ4v) is 3.38. The van der Waals surface area contributed by atoms with Crippen LogP contribution in [0.3, 0.4) is 0 Å². The number of hydrogen-bond acceptors (Lipinski definition) is 1. The SMILES string of the molecule is CN1CCC2c3ccccc3CCC2C1. The molecule has 0 saturated carbocycles. The summed E-state index contributed by atoms with van der Waals surface area (Å²) in [7, 11) is 2.26. The maximum absolute atomic E-state index is 2.50. The van der Waals surface area contributed by atoms with E-state index in [1.54, 1.807) is 11.1 Å². The molecular weight excluding hydrogens is 182 g/mol. The average Bonchev–Trinajstić information content (AvgIpc) is 2.28. The molecule has 2 aliphatic rings. The molecule has 0 radical (unpaired) electrons. The van der Waals surface area contributed by atoms with Gasteiger partial charge < -0.3 is 4.90 Å². The van der Waals surface area contributed by atoms with Crippen molar-refractivity contribution < 1.29 is 0 Å². The van der Waals surface area contributed by atoms with Crippen molar-refractivity contribution in [3.05, 3.63) is 35.4 Å². The van der Waals surface area contributed by atoms with Gasteiger partial charge in [-0.2, -0.15) is 0 Å². The molecule has 2 atom stereocenters. The summed E-state index contributed by atoms with van der Waals surface area (Å²) in [6, 6.07) is 9.08. The highest BCUT2D eigenvalue weighted by molar-refractivity contribution is 5.33. The number of rotatable bonds is 0. The molecule has 0 aromatic heterocycles. The van der Waals surface area contributed by atoms with E-state index in [1.165, 1.54) is 32.4 Å². The summed E-state index contributed by atoms with van der Waals surface area (Å²) in [5.41, 5.74) is 3.27. The summed E-state index contributed by atoms with van der Waals surface area (Å²) >= 11 is 0. The lowest BCUT2D eigenvalue weighted by Gasteiger charge is -2.41. The van der Waals surface area contributed by atoms with Gasteiger partial charge in [-0.25, -0.2) is 0 Å². The quantitative estimate of drug-likeness (QED) is 0.624. The Morgan fingerprint density at radius 1 is 1.20 bits per heavy atom. The molecule has 1 nitrogen and oxygen atoms in total. The van der Waals surface area contributed by atoms with Gasteiger partial charge in [0.1, 0.15) is 0 Å². The van der Waals surface area contributed by atoms with E-state index in [9.17, 15) is 0 Å². The zero-order chi connectivity index (χ0) is 10.3. The molecular formula is C14H19N. The Labute approximate surface area is 92.1 Å². The van der Waals surface area contributed by atoms with Gasteiger partial charge in [0.25, 0.3) is 0 Å². The van der Waals surface area contributed by atoms with E-state index in [-0.39, 0.29) is 0 Å². The summed E-state index contributed by atoms with van der Waals surface area (Å²) in [5, 5.41) is 0. The van der Waals surface area contributed by atoms with Gasteiger partial charge in [-0.1, -0.05) is 24.3 Å². The normalized spacial score (nSPS) is 30.7. The molecule has 0 N–H and O–H groups in total. The Morgan fingerprint density at radius 3 is 3.00 bits per heavy atom. The number of aryl methyl sites for hydroxylation is 1. The summed E-state index contributed by atoms with van der Waals surface area (Å²) in [6.07, 6.45) is 4.05. The third-order valence-electron chi connectivity index (χ3n) is 4.18. The van der Waals surface area contributed by atoms with Gasteiger partial charge in [-0.15, -0.1) is 0 Å². The van der Waals surface area contributed by atoms with Crippen LogP contribution in [0.15, 0.2) is 24.3 Å². The van der Waals surface area contributed by atoms with E-state index in [4.69, 9.17) is 0 Å². The van der Waals surface area contributed by atoms with Crippen molar-refractivity contribution in [2.45, 2.75) is 25.2 Å². The Bertz CT molecular complexity index is 358. The standard InChI is InChI=1S/C14H19N/c1-15-9-8-14-12(10-15)7-6-11-4-2-3-5-13(11)14/h2-5,12,14H,6-10H2,1H3. The molecule has 2 unspecified atom stereocenters. The number of piperidine rings is 1. The van der Waals surface area contributed by atoms with Crippen molar-refractivity contribution in [3.8, 4) is 0 Å². The minimum atomic E-state index is 0.853. The van der Waals surface area contributed by atoms with E-state index >= 15 is 0 Å². The van der Waals surface area contributed by atoms with Gasteiger partial charge in [0, 0.05) is 6.54 Å². The second kappa shape index (κ2) is 3.64. The van der Waals surface area contributed by atoms with Gasteiger partial charge in [0.15, 0.2) is 0 Å². The molecule has 1 fully saturated rings. The van der Waals surface area contributed by atoms with Gasteiger partial charge in [-0.05, 0) is 55.8 Å². The maximum Gasteiger partial charge on any atom is 0.00126 e. The second-order valence-electron chi connectivity index (χ2n) is 5.15. The van der Waals surface area contributed by atoms with E-state index in [0.29, 0.717) is 0 Å². The number of benzene rings is 1. The largest absolute Gasteiger partial charge is 0.306 e. The number of fused-ring (bicyclic) bond motifs is 3. The molecule has 0 amide bonds. The van der Waals surface area contributed by atoms with Gasteiger partial charge in [0.05, 0.1) is 0 Å². The summed E-state index contributed by atoms with van der Waals surface area (Å²) < 4.78 is 0. The zero-order valence-corrected chi connectivity index (χ0v) is 9.45. The Kier molecular flexibility index (Phi) is 2.28. The van der Waals surface area contributed by atoms with Crippen LogP contribution in [-0.4, -0.2) is 25.0 Å². The van der Waals surface area contributed by atoms with Crippen LogP contribution >= 0.6 is 0 Å². The third kappa shape index (κ3) is 1.59. The Morgan fingerprint density at radius 2 is 2.07 bits per heavy atom. The average molecular weight is 201 g/mol. The van der Waals surface area contributed by atoms with Crippen LogP contribution in [0.4, 0.5) is 0 Å². The predicted molar refractivity (Wildman–Crippen MR) is 63.1 cm³/mol. The number of nitrogens with zero attached hydrogens (tertiary/aromatic N) is 1. The Balaban J connectivity index is 1.93. The fourth-order valence-electron chi connectivity index (χ4n) is 3.38. The predicted octanol–water partition coefficient (Wildman–Crippen LogP) is 2.67. The Hall–Kier alpha value is -0.820. The minimum Gasteiger partial charge on any atom is -0.306 e. The lowest BCUT2D eigenvalue weighted by Crippen LogP contribution is -2.39. The van der Waals surface area contributed by atoms with Gasteiger partial charge in [0.2, 0.25) is 0 Å². The summed E-state index contributed by atoms with van der Waals surface area (Å²) in [6.45, 7) is 2.58. The van der Waals surface area contributed by atoms with E-state index in [0.717, 1.165) is 11.8 Å². The van der Waals surface area contributed by atoms with Crippen LogP contribution in [0, 0.1) is 5.92 Å². The van der Waals surface area contributed by atoms with Crippen molar-refractivity contribution in [1.29, 1.82) is 0 Å². The highest BCUT2D eigenvalue weighted by Gasteiger charge is 2.32. The monoisotopic (exact) mass is 201 g/mol. The van der Waals surface area contributed by atoms with Crippen LogP contribution in [0.5, 0.6) is 0 Å². The van der Waals surface area contributed by atoms with Crippen LogP contribution in [0.1, 0.15) is 29.9 Å². The first-order valence-corrected chi connectivity index (χ1v) is 6.11. The first-order chi connectivity index (χ1) is 7.34. The van der Waals surface area contributed by atoms with Crippen LogP contribution in [0.2, 0.25) is 0 Å². The van der Waals surface area contributed by atoms with Crippen molar-refractivity contribution in [2.75, 3.05) is 20.1 Å². The molecule has 1 aromatic carbocycles. The van der Waals surface area contributed by atoms with Crippen molar-refractivity contribution in [3.63, 3.8) is 0 Å². The molecule has 1 heteroatoms. The first kappa shape index (κ1) is 9.41. The van der Waals surface area contributed by atoms with Crippen LogP contribution in [0.25, 0.3) is 0 Å². The van der Waals surface area contributed by atoms with Crippen molar-refractivity contribution in [2.24, 2.45) is 5.92 Å². The molecule has 1 heterocycles. The topological polar surface area (TPSA) is 3.24 Å². The number of likely N-dealkylation sites (tertiary alicyclic amines) is 1. The minimum absolute atomic E-state index is 0.853. The molecule has 1 aliphatic heterocycles. The zero-order valence-electron chi connectivity index (χ0n) is 9.45. The third-order valence-corrected chi connectivity index (χ3v) is 4.18.